The number of hydrogen-bond donors (Lipinski definition) is 2. The largest absolute Gasteiger partial charge is 0.384 e. The van der Waals surface area contributed by atoms with Crippen LogP contribution in [-0.2, 0) is 0 Å². The molecule has 2 heteroatoms. The SMILES string of the molecule is CC1(CNCCNc2ccccc2)CCC1. The quantitative estimate of drug-likeness (QED) is 0.717. The third-order valence-electron chi connectivity index (χ3n) is 3.52. The van der Waals surface area contributed by atoms with Gasteiger partial charge in [0, 0.05) is 25.3 Å². The summed E-state index contributed by atoms with van der Waals surface area (Å²) in [5, 5.41) is 6.94. The molecule has 0 unspecified atom stereocenters. The Balaban J connectivity index is 1.55. The van der Waals surface area contributed by atoms with Crippen molar-refractivity contribution in [2.24, 2.45) is 5.41 Å². The normalized spacial score (nSPS) is 17.8. The van der Waals surface area contributed by atoms with Crippen LogP contribution in [0.1, 0.15) is 26.2 Å². The molecule has 1 aromatic carbocycles. The van der Waals surface area contributed by atoms with Gasteiger partial charge in [0.1, 0.15) is 0 Å². The zero-order chi connectivity index (χ0) is 11.3. The molecule has 0 heterocycles. The maximum atomic E-state index is 3.54. The summed E-state index contributed by atoms with van der Waals surface area (Å²) in [7, 11) is 0. The minimum Gasteiger partial charge on any atom is -0.384 e. The van der Waals surface area contributed by atoms with E-state index in [1.165, 1.54) is 31.5 Å². The number of benzene rings is 1. The van der Waals surface area contributed by atoms with Crippen LogP contribution in [0.15, 0.2) is 30.3 Å². The van der Waals surface area contributed by atoms with Gasteiger partial charge in [-0.25, -0.2) is 0 Å². The van der Waals surface area contributed by atoms with Crippen LogP contribution in [0, 0.1) is 5.41 Å². The molecule has 2 rings (SSSR count). The van der Waals surface area contributed by atoms with E-state index in [4.69, 9.17) is 0 Å². The van der Waals surface area contributed by atoms with Gasteiger partial charge in [0.25, 0.3) is 0 Å². The first-order chi connectivity index (χ1) is 7.79. The van der Waals surface area contributed by atoms with Crippen molar-refractivity contribution in [3.8, 4) is 0 Å². The minimum atomic E-state index is 0.590. The molecule has 0 saturated heterocycles. The Labute approximate surface area is 98.4 Å². The third-order valence-corrected chi connectivity index (χ3v) is 3.52. The van der Waals surface area contributed by atoms with Crippen LogP contribution in [0.4, 0.5) is 5.69 Å². The maximum absolute atomic E-state index is 3.54. The molecule has 0 aliphatic heterocycles. The van der Waals surface area contributed by atoms with Gasteiger partial charge in [-0.2, -0.15) is 0 Å². The standard InChI is InChI=1S/C14H22N2/c1-14(8-5-9-14)12-15-10-11-16-13-6-3-2-4-7-13/h2-4,6-7,15-16H,5,8-12H2,1H3. The molecule has 1 aliphatic carbocycles. The van der Waals surface area contributed by atoms with E-state index in [0.717, 1.165) is 13.1 Å². The molecule has 0 spiro atoms. The van der Waals surface area contributed by atoms with Crippen LogP contribution < -0.4 is 10.6 Å². The van der Waals surface area contributed by atoms with E-state index in [0.29, 0.717) is 5.41 Å². The average Bonchev–Trinajstić information content (AvgIpc) is 2.28. The highest BCUT2D eigenvalue weighted by Crippen LogP contribution is 2.39. The monoisotopic (exact) mass is 218 g/mol. The van der Waals surface area contributed by atoms with E-state index < -0.39 is 0 Å². The van der Waals surface area contributed by atoms with Crippen LogP contribution in [-0.4, -0.2) is 19.6 Å². The summed E-state index contributed by atoms with van der Waals surface area (Å²) < 4.78 is 0. The fraction of sp³-hybridized carbons (Fsp3) is 0.571. The van der Waals surface area contributed by atoms with Gasteiger partial charge in [-0.15, -0.1) is 0 Å². The van der Waals surface area contributed by atoms with E-state index in [2.05, 4.69) is 41.8 Å². The van der Waals surface area contributed by atoms with Crippen molar-refractivity contribution in [3.05, 3.63) is 30.3 Å². The fourth-order valence-corrected chi connectivity index (χ4v) is 2.20. The van der Waals surface area contributed by atoms with Gasteiger partial charge in [-0.1, -0.05) is 31.5 Å². The van der Waals surface area contributed by atoms with E-state index in [9.17, 15) is 0 Å². The van der Waals surface area contributed by atoms with Crippen molar-refractivity contribution < 1.29 is 0 Å². The Morgan fingerprint density at radius 3 is 2.50 bits per heavy atom. The maximum Gasteiger partial charge on any atom is 0.0340 e. The Bertz CT molecular complexity index is 304. The van der Waals surface area contributed by atoms with Gasteiger partial charge in [0.15, 0.2) is 0 Å². The molecule has 0 bridgehead atoms. The van der Waals surface area contributed by atoms with Gasteiger partial charge in [-0.3, -0.25) is 0 Å². The zero-order valence-corrected chi connectivity index (χ0v) is 10.1. The van der Waals surface area contributed by atoms with Crippen LogP contribution >= 0.6 is 0 Å². The van der Waals surface area contributed by atoms with Gasteiger partial charge in [0.05, 0.1) is 0 Å². The molecular formula is C14H22N2. The van der Waals surface area contributed by atoms with Gasteiger partial charge < -0.3 is 10.6 Å². The molecule has 0 aromatic heterocycles. The highest BCUT2D eigenvalue weighted by molar-refractivity contribution is 5.42. The van der Waals surface area contributed by atoms with Crippen molar-refractivity contribution in [1.29, 1.82) is 0 Å². The van der Waals surface area contributed by atoms with Crippen LogP contribution in [0.5, 0.6) is 0 Å². The molecule has 0 atom stereocenters. The Morgan fingerprint density at radius 2 is 1.88 bits per heavy atom. The van der Waals surface area contributed by atoms with Crippen LogP contribution in [0.25, 0.3) is 0 Å². The van der Waals surface area contributed by atoms with E-state index >= 15 is 0 Å². The first kappa shape index (κ1) is 11.5. The van der Waals surface area contributed by atoms with Crippen molar-refractivity contribution >= 4 is 5.69 Å². The van der Waals surface area contributed by atoms with E-state index in [1.54, 1.807) is 0 Å². The van der Waals surface area contributed by atoms with Gasteiger partial charge >= 0.3 is 0 Å². The number of para-hydroxylation sites is 1. The molecule has 88 valence electrons. The second-order valence-corrected chi connectivity index (χ2v) is 5.13. The molecule has 0 radical (unpaired) electrons. The second-order valence-electron chi connectivity index (χ2n) is 5.13. The number of nitrogens with one attached hydrogen (secondary N) is 2. The lowest BCUT2D eigenvalue weighted by Gasteiger charge is -2.38. The highest BCUT2D eigenvalue weighted by atomic mass is 14.9. The Kier molecular flexibility index (Phi) is 3.83. The van der Waals surface area contributed by atoms with Crippen molar-refractivity contribution in [1.82, 2.24) is 5.32 Å². The molecule has 0 amide bonds. The average molecular weight is 218 g/mol. The Hall–Kier alpha value is -1.02. The van der Waals surface area contributed by atoms with Crippen LogP contribution in [0.3, 0.4) is 0 Å². The number of rotatable bonds is 6. The smallest absolute Gasteiger partial charge is 0.0340 e. The first-order valence-electron chi connectivity index (χ1n) is 6.28. The number of hydrogen-bond acceptors (Lipinski definition) is 2. The lowest BCUT2D eigenvalue weighted by Crippen LogP contribution is -2.38. The Morgan fingerprint density at radius 1 is 1.12 bits per heavy atom. The predicted molar refractivity (Wildman–Crippen MR) is 69.8 cm³/mol. The molecule has 2 nitrogen and oxygen atoms in total. The van der Waals surface area contributed by atoms with E-state index in [1.807, 2.05) is 6.07 Å². The summed E-state index contributed by atoms with van der Waals surface area (Å²) in [5.74, 6) is 0. The first-order valence-corrected chi connectivity index (χ1v) is 6.28. The fourth-order valence-electron chi connectivity index (χ4n) is 2.20. The molecule has 1 aliphatic rings. The topological polar surface area (TPSA) is 24.1 Å². The summed E-state index contributed by atoms with van der Waals surface area (Å²) in [6, 6.07) is 10.4. The summed E-state index contributed by atoms with van der Waals surface area (Å²) in [6.07, 6.45) is 4.21. The van der Waals surface area contributed by atoms with Crippen LogP contribution in [0.2, 0.25) is 0 Å². The summed E-state index contributed by atoms with van der Waals surface area (Å²) >= 11 is 0. The lowest BCUT2D eigenvalue weighted by molar-refractivity contribution is 0.158. The van der Waals surface area contributed by atoms with E-state index in [-0.39, 0.29) is 0 Å². The molecule has 1 aromatic rings. The molecular weight excluding hydrogens is 196 g/mol. The lowest BCUT2D eigenvalue weighted by atomic mass is 9.70. The molecule has 1 saturated carbocycles. The molecule has 2 N–H and O–H groups in total. The van der Waals surface area contributed by atoms with Crippen molar-refractivity contribution in [3.63, 3.8) is 0 Å². The second kappa shape index (κ2) is 5.35. The molecule has 16 heavy (non-hydrogen) atoms. The van der Waals surface area contributed by atoms with Crippen molar-refractivity contribution in [2.75, 3.05) is 25.0 Å². The zero-order valence-electron chi connectivity index (χ0n) is 10.1. The highest BCUT2D eigenvalue weighted by Gasteiger charge is 2.30. The van der Waals surface area contributed by atoms with Crippen molar-refractivity contribution in [2.45, 2.75) is 26.2 Å². The number of anilines is 1. The minimum absolute atomic E-state index is 0.590. The summed E-state index contributed by atoms with van der Waals surface area (Å²) in [5.41, 5.74) is 1.80. The summed E-state index contributed by atoms with van der Waals surface area (Å²) in [4.78, 5) is 0. The summed E-state index contributed by atoms with van der Waals surface area (Å²) in [6.45, 7) is 5.60. The predicted octanol–water partition coefficient (Wildman–Crippen LogP) is 2.88. The third kappa shape index (κ3) is 3.24. The molecule has 1 fully saturated rings. The van der Waals surface area contributed by atoms with Gasteiger partial charge in [0.2, 0.25) is 0 Å². The van der Waals surface area contributed by atoms with Gasteiger partial charge in [-0.05, 0) is 30.4 Å².